The monoisotopic (exact) mass is 324 g/mol. The molecule has 0 atom stereocenters. The maximum atomic E-state index is 12.3. The quantitative estimate of drug-likeness (QED) is 0.395. The fraction of sp³-hybridized carbons (Fsp3) is 0. The van der Waals surface area contributed by atoms with Crippen molar-refractivity contribution >= 4 is 49.2 Å². The van der Waals surface area contributed by atoms with Crippen molar-refractivity contribution in [1.82, 2.24) is 4.98 Å². The fourth-order valence-electron chi connectivity index (χ4n) is 2.35. The number of nitrogens with zero attached hydrogens (tertiary/aromatic N) is 1. The first kappa shape index (κ1) is 13.7. The van der Waals surface area contributed by atoms with Crippen LogP contribution in [-0.4, -0.2) is 10.9 Å². The molecule has 114 valence electrons. The molecule has 0 aliphatic heterocycles. The van der Waals surface area contributed by atoms with E-state index in [0.29, 0.717) is 16.4 Å². The summed E-state index contributed by atoms with van der Waals surface area (Å²) in [6.45, 7) is 0. The van der Waals surface area contributed by atoms with Crippen molar-refractivity contribution in [1.29, 1.82) is 0 Å². The number of para-hydroxylation sites is 1. The van der Waals surface area contributed by atoms with Gasteiger partial charge in [0.15, 0.2) is 10.9 Å². The van der Waals surface area contributed by atoms with Gasteiger partial charge in [0, 0.05) is 11.1 Å². The lowest BCUT2D eigenvalue weighted by Gasteiger charge is -2.02. The minimum Gasteiger partial charge on any atom is -0.451 e. The second-order valence-electron chi connectivity index (χ2n) is 4.95. The molecule has 0 bridgehead atoms. The summed E-state index contributed by atoms with van der Waals surface area (Å²) < 4.78 is 6.49. The van der Waals surface area contributed by atoms with Gasteiger partial charge in [-0.3, -0.25) is 10.2 Å². The Morgan fingerprint density at radius 3 is 2.87 bits per heavy atom. The number of carbonyl (C=O) groups is 1. The number of thiazole rings is 1. The van der Waals surface area contributed by atoms with E-state index in [2.05, 4.69) is 15.7 Å². The number of hydrogen-bond donors (Lipinski definition) is 3. The van der Waals surface area contributed by atoms with Gasteiger partial charge in [0.05, 0.1) is 10.2 Å². The molecule has 2 aromatic carbocycles. The van der Waals surface area contributed by atoms with Crippen molar-refractivity contribution in [2.24, 2.45) is 5.84 Å². The second kappa shape index (κ2) is 5.38. The van der Waals surface area contributed by atoms with Crippen LogP contribution in [0.5, 0.6) is 0 Å². The van der Waals surface area contributed by atoms with Gasteiger partial charge in [-0.2, -0.15) is 0 Å². The molecule has 2 aromatic heterocycles. The Labute approximate surface area is 134 Å². The molecule has 23 heavy (non-hydrogen) atoms. The smallest absolute Gasteiger partial charge is 0.291 e. The lowest BCUT2D eigenvalue weighted by atomic mass is 10.2. The van der Waals surface area contributed by atoms with Gasteiger partial charge in [-0.1, -0.05) is 29.5 Å². The van der Waals surface area contributed by atoms with Crippen LogP contribution in [0.2, 0.25) is 0 Å². The van der Waals surface area contributed by atoms with Gasteiger partial charge in [0.25, 0.3) is 5.91 Å². The lowest BCUT2D eigenvalue weighted by Crippen LogP contribution is -2.10. The number of amides is 1. The lowest BCUT2D eigenvalue weighted by molar-refractivity contribution is 0.0998. The second-order valence-corrected chi connectivity index (χ2v) is 5.98. The number of anilines is 2. The van der Waals surface area contributed by atoms with Crippen LogP contribution in [0, 0.1) is 0 Å². The first-order valence-electron chi connectivity index (χ1n) is 6.90. The largest absolute Gasteiger partial charge is 0.451 e. The van der Waals surface area contributed by atoms with Crippen molar-refractivity contribution in [3.05, 3.63) is 54.3 Å². The highest BCUT2D eigenvalue weighted by Crippen LogP contribution is 2.28. The van der Waals surface area contributed by atoms with Crippen molar-refractivity contribution < 1.29 is 9.21 Å². The maximum Gasteiger partial charge on any atom is 0.291 e. The first-order chi connectivity index (χ1) is 11.2. The van der Waals surface area contributed by atoms with Crippen LogP contribution in [0.15, 0.2) is 52.9 Å². The normalized spacial score (nSPS) is 11.0. The summed E-state index contributed by atoms with van der Waals surface area (Å²) in [5.41, 5.74) is 4.71. The molecular weight excluding hydrogens is 312 g/mol. The van der Waals surface area contributed by atoms with Crippen molar-refractivity contribution in [3.63, 3.8) is 0 Å². The molecular formula is C16H12N4O2S. The van der Waals surface area contributed by atoms with E-state index in [1.54, 1.807) is 12.1 Å². The van der Waals surface area contributed by atoms with Gasteiger partial charge in [-0.25, -0.2) is 10.8 Å². The summed E-state index contributed by atoms with van der Waals surface area (Å²) in [6, 6.07) is 14.7. The topological polar surface area (TPSA) is 93.2 Å². The number of carbonyl (C=O) groups excluding carboxylic acids is 1. The fourth-order valence-corrected chi connectivity index (χ4v) is 3.17. The molecule has 0 aliphatic carbocycles. The zero-order chi connectivity index (χ0) is 15.8. The number of aromatic nitrogens is 1. The Hall–Kier alpha value is -2.90. The van der Waals surface area contributed by atoms with E-state index < -0.39 is 0 Å². The number of fused-ring (bicyclic) bond motifs is 2. The molecule has 0 unspecified atom stereocenters. The van der Waals surface area contributed by atoms with E-state index in [4.69, 9.17) is 10.3 Å². The van der Waals surface area contributed by atoms with Crippen LogP contribution >= 0.6 is 11.3 Å². The number of rotatable bonds is 3. The number of hydrazine groups is 1. The summed E-state index contributed by atoms with van der Waals surface area (Å²) in [5.74, 6) is 5.35. The number of nitrogens with one attached hydrogen (secondary N) is 2. The van der Waals surface area contributed by atoms with Gasteiger partial charge in [0.1, 0.15) is 5.58 Å². The van der Waals surface area contributed by atoms with Crippen LogP contribution in [0.4, 0.5) is 10.8 Å². The van der Waals surface area contributed by atoms with Gasteiger partial charge in [-0.05, 0) is 30.3 Å². The van der Waals surface area contributed by atoms with Crippen LogP contribution in [0.1, 0.15) is 10.6 Å². The molecule has 0 radical (unpaired) electrons. The summed E-state index contributed by atoms with van der Waals surface area (Å²) >= 11 is 1.42. The summed E-state index contributed by atoms with van der Waals surface area (Å²) in [6.07, 6.45) is 0. The molecule has 4 N–H and O–H groups in total. The van der Waals surface area contributed by atoms with Gasteiger partial charge in [0.2, 0.25) is 0 Å². The number of nitrogens with two attached hydrogens (primary N) is 1. The van der Waals surface area contributed by atoms with Crippen LogP contribution < -0.4 is 16.6 Å². The molecule has 0 fully saturated rings. The Bertz CT molecular complexity index is 988. The van der Waals surface area contributed by atoms with Crippen molar-refractivity contribution in [3.8, 4) is 0 Å². The van der Waals surface area contributed by atoms with Crippen LogP contribution in [0.3, 0.4) is 0 Å². The third kappa shape index (κ3) is 2.52. The predicted molar refractivity (Wildman–Crippen MR) is 91.6 cm³/mol. The molecule has 4 aromatic rings. The number of nitrogen functional groups attached to an aromatic ring is 1. The van der Waals surface area contributed by atoms with Crippen LogP contribution in [-0.2, 0) is 0 Å². The molecule has 0 saturated carbocycles. The van der Waals surface area contributed by atoms with Gasteiger partial charge < -0.3 is 9.73 Å². The Balaban J connectivity index is 1.62. The highest BCUT2D eigenvalue weighted by Gasteiger charge is 2.13. The molecule has 0 spiro atoms. The van der Waals surface area contributed by atoms with E-state index in [1.165, 1.54) is 11.3 Å². The Morgan fingerprint density at radius 2 is 2.04 bits per heavy atom. The highest BCUT2D eigenvalue weighted by atomic mass is 32.1. The standard InChI is InChI=1S/C16H12N4O2S/c17-20-16-19-11-6-5-10(8-14(11)23-16)18-15(21)13-7-9-3-1-2-4-12(9)22-13/h1-8H,17H2,(H,18,21)(H,19,20). The molecule has 6 nitrogen and oxygen atoms in total. The third-order valence-electron chi connectivity index (χ3n) is 3.42. The molecule has 2 heterocycles. The molecule has 7 heteroatoms. The van der Waals surface area contributed by atoms with E-state index in [-0.39, 0.29) is 11.7 Å². The van der Waals surface area contributed by atoms with E-state index >= 15 is 0 Å². The van der Waals surface area contributed by atoms with E-state index in [1.807, 2.05) is 36.4 Å². The average Bonchev–Trinajstić information content (AvgIpc) is 3.17. The van der Waals surface area contributed by atoms with Crippen molar-refractivity contribution in [2.45, 2.75) is 0 Å². The number of hydrogen-bond acceptors (Lipinski definition) is 6. The average molecular weight is 324 g/mol. The summed E-state index contributed by atoms with van der Waals surface area (Å²) in [5, 5.41) is 4.36. The molecule has 4 rings (SSSR count). The predicted octanol–water partition coefficient (Wildman–Crippen LogP) is 3.58. The maximum absolute atomic E-state index is 12.3. The number of benzene rings is 2. The molecule has 0 saturated heterocycles. The minimum atomic E-state index is -0.290. The minimum absolute atomic E-state index is 0.278. The van der Waals surface area contributed by atoms with E-state index in [9.17, 15) is 4.79 Å². The zero-order valence-electron chi connectivity index (χ0n) is 11.9. The Kier molecular flexibility index (Phi) is 3.22. The first-order valence-corrected chi connectivity index (χ1v) is 7.72. The zero-order valence-corrected chi connectivity index (χ0v) is 12.7. The molecule has 0 aliphatic rings. The van der Waals surface area contributed by atoms with Crippen LogP contribution in [0.25, 0.3) is 21.2 Å². The number of furan rings is 1. The van der Waals surface area contributed by atoms with E-state index in [0.717, 1.165) is 15.6 Å². The molecule has 1 amide bonds. The highest BCUT2D eigenvalue weighted by molar-refractivity contribution is 7.22. The summed E-state index contributed by atoms with van der Waals surface area (Å²) in [7, 11) is 0. The third-order valence-corrected chi connectivity index (χ3v) is 4.37. The van der Waals surface area contributed by atoms with Crippen molar-refractivity contribution in [2.75, 3.05) is 10.7 Å². The Morgan fingerprint density at radius 1 is 1.17 bits per heavy atom. The van der Waals surface area contributed by atoms with Gasteiger partial charge >= 0.3 is 0 Å². The van der Waals surface area contributed by atoms with Gasteiger partial charge in [-0.15, -0.1) is 0 Å². The SMILES string of the molecule is NNc1nc2ccc(NC(=O)c3cc4ccccc4o3)cc2s1. The summed E-state index contributed by atoms with van der Waals surface area (Å²) in [4.78, 5) is 16.6.